The van der Waals surface area contributed by atoms with Gasteiger partial charge >= 0.3 is 0 Å². The summed E-state index contributed by atoms with van der Waals surface area (Å²) < 4.78 is 0. The lowest BCUT2D eigenvalue weighted by molar-refractivity contribution is 1.16. The third-order valence-corrected chi connectivity index (χ3v) is 3.36. The van der Waals surface area contributed by atoms with Crippen LogP contribution in [0.2, 0.25) is 5.02 Å². The molecular formula is C16H15ClN6. The van der Waals surface area contributed by atoms with Crippen molar-refractivity contribution in [3.63, 3.8) is 0 Å². The average Bonchev–Trinajstić information content (AvgIpc) is 2.53. The minimum absolute atomic E-state index is 0.408. The van der Waals surface area contributed by atoms with Gasteiger partial charge in [0.1, 0.15) is 17.8 Å². The number of aromatic nitrogens is 3. The molecule has 7 heteroatoms. The molecule has 0 saturated heterocycles. The second kappa shape index (κ2) is 6.50. The predicted molar refractivity (Wildman–Crippen MR) is 93.4 cm³/mol. The molecule has 0 radical (unpaired) electrons. The molecule has 4 N–H and O–H groups in total. The van der Waals surface area contributed by atoms with Crippen LogP contribution in [-0.4, -0.2) is 15.0 Å². The Morgan fingerprint density at radius 1 is 1.00 bits per heavy atom. The van der Waals surface area contributed by atoms with E-state index in [0.717, 1.165) is 11.3 Å². The van der Waals surface area contributed by atoms with E-state index in [-0.39, 0.29) is 0 Å². The number of halogens is 1. The van der Waals surface area contributed by atoms with E-state index < -0.39 is 0 Å². The molecule has 0 amide bonds. The fraction of sp³-hybridized carbons (Fsp3) is 0.0625. The SMILES string of the molecule is Cc1cccc(Nc2ncnc(Nc3ccc(Cl)cn3)c2N)c1. The standard InChI is InChI=1S/C16H15ClN6/c1-10-3-2-4-12(7-10)22-15-14(18)16(21-9-20-15)23-13-6-5-11(17)8-19-13/h2-9H,18H2,1H3,(H2,19,20,21,22,23). The Morgan fingerprint density at radius 2 is 1.78 bits per heavy atom. The molecule has 0 spiro atoms. The van der Waals surface area contributed by atoms with Crippen molar-refractivity contribution in [2.75, 3.05) is 16.4 Å². The summed E-state index contributed by atoms with van der Waals surface area (Å²) >= 11 is 5.82. The van der Waals surface area contributed by atoms with E-state index in [1.165, 1.54) is 6.33 Å². The van der Waals surface area contributed by atoms with E-state index in [9.17, 15) is 0 Å². The summed E-state index contributed by atoms with van der Waals surface area (Å²) in [4.78, 5) is 12.5. The molecule has 2 heterocycles. The minimum Gasteiger partial charge on any atom is -0.393 e. The zero-order valence-electron chi connectivity index (χ0n) is 12.4. The molecule has 116 valence electrons. The quantitative estimate of drug-likeness (QED) is 0.673. The Balaban J connectivity index is 1.84. The van der Waals surface area contributed by atoms with Gasteiger partial charge in [-0.25, -0.2) is 15.0 Å². The van der Waals surface area contributed by atoms with E-state index >= 15 is 0 Å². The smallest absolute Gasteiger partial charge is 0.160 e. The maximum absolute atomic E-state index is 6.14. The van der Waals surface area contributed by atoms with Crippen LogP contribution in [-0.2, 0) is 0 Å². The molecule has 0 fully saturated rings. The number of aryl methyl sites for hydroxylation is 1. The second-order valence-electron chi connectivity index (χ2n) is 4.97. The van der Waals surface area contributed by atoms with E-state index in [0.29, 0.717) is 28.2 Å². The Kier molecular flexibility index (Phi) is 4.25. The second-order valence-corrected chi connectivity index (χ2v) is 5.40. The van der Waals surface area contributed by atoms with Crippen LogP contribution in [0.25, 0.3) is 0 Å². The fourth-order valence-corrected chi connectivity index (χ4v) is 2.14. The zero-order chi connectivity index (χ0) is 16.2. The number of anilines is 5. The van der Waals surface area contributed by atoms with Crippen LogP contribution >= 0.6 is 11.6 Å². The van der Waals surface area contributed by atoms with E-state index in [1.54, 1.807) is 18.3 Å². The first-order valence-electron chi connectivity index (χ1n) is 6.94. The number of benzene rings is 1. The molecule has 3 aromatic rings. The number of nitrogens with zero attached hydrogens (tertiary/aromatic N) is 3. The number of nitrogens with two attached hydrogens (primary N) is 1. The highest BCUT2D eigenvalue weighted by atomic mass is 35.5. The van der Waals surface area contributed by atoms with Crippen LogP contribution in [0.1, 0.15) is 5.56 Å². The maximum Gasteiger partial charge on any atom is 0.160 e. The van der Waals surface area contributed by atoms with Gasteiger partial charge in [0.05, 0.1) is 5.02 Å². The van der Waals surface area contributed by atoms with E-state index in [4.69, 9.17) is 17.3 Å². The first kappa shape index (κ1) is 15.1. The van der Waals surface area contributed by atoms with Crippen LogP contribution in [0.5, 0.6) is 0 Å². The lowest BCUT2D eigenvalue weighted by atomic mass is 10.2. The summed E-state index contributed by atoms with van der Waals surface area (Å²) in [5.41, 5.74) is 8.60. The number of rotatable bonds is 4. The van der Waals surface area contributed by atoms with Crippen LogP contribution in [0.4, 0.5) is 28.8 Å². The van der Waals surface area contributed by atoms with Gasteiger partial charge in [-0.15, -0.1) is 0 Å². The number of nitrogen functional groups attached to an aromatic ring is 1. The molecule has 0 aliphatic carbocycles. The van der Waals surface area contributed by atoms with Crippen LogP contribution < -0.4 is 16.4 Å². The lowest BCUT2D eigenvalue weighted by Crippen LogP contribution is -2.05. The van der Waals surface area contributed by atoms with Gasteiger partial charge in [0.15, 0.2) is 11.6 Å². The van der Waals surface area contributed by atoms with Gasteiger partial charge in [0, 0.05) is 11.9 Å². The zero-order valence-corrected chi connectivity index (χ0v) is 13.2. The van der Waals surface area contributed by atoms with Gasteiger partial charge in [-0.3, -0.25) is 0 Å². The summed E-state index contributed by atoms with van der Waals surface area (Å²) in [6.07, 6.45) is 2.99. The first-order valence-corrected chi connectivity index (χ1v) is 7.32. The summed E-state index contributed by atoms with van der Waals surface area (Å²) in [7, 11) is 0. The third kappa shape index (κ3) is 3.67. The number of hydrogen-bond acceptors (Lipinski definition) is 6. The number of pyridine rings is 1. The Bertz CT molecular complexity index is 819. The monoisotopic (exact) mass is 326 g/mol. The van der Waals surface area contributed by atoms with Crippen molar-refractivity contribution < 1.29 is 0 Å². The van der Waals surface area contributed by atoms with Crippen molar-refractivity contribution in [2.45, 2.75) is 6.92 Å². The van der Waals surface area contributed by atoms with Crippen molar-refractivity contribution >= 4 is 40.4 Å². The molecule has 0 atom stereocenters. The molecule has 3 rings (SSSR count). The summed E-state index contributed by atoms with van der Waals surface area (Å²) in [5, 5.41) is 6.80. The lowest BCUT2D eigenvalue weighted by Gasteiger charge is -2.12. The molecule has 0 aliphatic rings. The summed E-state index contributed by atoms with van der Waals surface area (Å²) in [6, 6.07) is 11.4. The van der Waals surface area contributed by atoms with Gasteiger partial charge in [-0.1, -0.05) is 23.7 Å². The largest absolute Gasteiger partial charge is 0.393 e. The minimum atomic E-state index is 0.408. The molecule has 6 nitrogen and oxygen atoms in total. The Morgan fingerprint density at radius 3 is 2.48 bits per heavy atom. The van der Waals surface area contributed by atoms with Crippen LogP contribution in [0.15, 0.2) is 48.9 Å². The molecule has 1 aromatic carbocycles. The summed E-state index contributed by atoms with van der Waals surface area (Å²) in [6.45, 7) is 2.02. The van der Waals surface area contributed by atoms with Crippen LogP contribution in [0, 0.1) is 6.92 Å². The first-order chi connectivity index (χ1) is 11.1. The van der Waals surface area contributed by atoms with Gasteiger partial charge < -0.3 is 16.4 Å². The topological polar surface area (TPSA) is 88.8 Å². The van der Waals surface area contributed by atoms with Crippen LogP contribution in [0.3, 0.4) is 0 Å². The van der Waals surface area contributed by atoms with Gasteiger partial charge in [0.25, 0.3) is 0 Å². The molecular weight excluding hydrogens is 312 g/mol. The number of hydrogen-bond donors (Lipinski definition) is 3. The van der Waals surface area contributed by atoms with Gasteiger partial charge in [-0.2, -0.15) is 0 Å². The van der Waals surface area contributed by atoms with Gasteiger partial charge in [-0.05, 0) is 36.8 Å². The molecule has 0 saturated carbocycles. The van der Waals surface area contributed by atoms with E-state index in [1.807, 2.05) is 31.2 Å². The predicted octanol–water partition coefficient (Wildman–Crippen LogP) is 3.90. The van der Waals surface area contributed by atoms with Gasteiger partial charge in [0.2, 0.25) is 0 Å². The normalized spacial score (nSPS) is 10.3. The molecule has 0 aliphatic heterocycles. The fourth-order valence-electron chi connectivity index (χ4n) is 2.03. The molecule has 0 bridgehead atoms. The summed E-state index contributed by atoms with van der Waals surface area (Å²) in [5.74, 6) is 1.60. The highest BCUT2D eigenvalue weighted by Crippen LogP contribution is 2.27. The highest BCUT2D eigenvalue weighted by molar-refractivity contribution is 6.30. The molecule has 23 heavy (non-hydrogen) atoms. The van der Waals surface area contributed by atoms with Crippen molar-refractivity contribution in [1.82, 2.24) is 15.0 Å². The maximum atomic E-state index is 6.14. The van der Waals surface area contributed by atoms with Crippen molar-refractivity contribution in [3.05, 3.63) is 59.5 Å². The third-order valence-electron chi connectivity index (χ3n) is 3.14. The van der Waals surface area contributed by atoms with Crippen molar-refractivity contribution in [1.29, 1.82) is 0 Å². The molecule has 0 unspecified atom stereocenters. The Hall–Kier alpha value is -2.86. The van der Waals surface area contributed by atoms with Crippen molar-refractivity contribution in [3.8, 4) is 0 Å². The molecule has 2 aromatic heterocycles. The van der Waals surface area contributed by atoms with E-state index in [2.05, 4.69) is 25.6 Å². The average molecular weight is 327 g/mol. The Labute approximate surface area is 138 Å². The number of nitrogens with one attached hydrogen (secondary N) is 2. The highest BCUT2D eigenvalue weighted by Gasteiger charge is 2.09. The van der Waals surface area contributed by atoms with Crippen molar-refractivity contribution in [2.24, 2.45) is 0 Å².